The lowest BCUT2D eigenvalue weighted by Gasteiger charge is -2.11. The molecule has 3 rings (SSSR count). The van der Waals surface area contributed by atoms with Crippen LogP contribution in [0.15, 0.2) is 54.1 Å². The zero-order valence-electron chi connectivity index (χ0n) is 15.4. The van der Waals surface area contributed by atoms with Crippen LogP contribution >= 0.6 is 11.6 Å². The van der Waals surface area contributed by atoms with E-state index in [-0.39, 0.29) is 11.7 Å². The highest BCUT2D eigenvalue weighted by Crippen LogP contribution is 2.23. The van der Waals surface area contributed by atoms with Crippen LogP contribution in [0, 0.1) is 11.3 Å². The molecule has 1 saturated heterocycles. The minimum absolute atomic E-state index is 0.0248. The number of carbonyl (C=O) groups excluding carboxylic acids is 1. The van der Waals surface area contributed by atoms with Gasteiger partial charge in [-0.15, -0.1) is 0 Å². The van der Waals surface area contributed by atoms with Crippen LogP contribution in [0.1, 0.15) is 24.0 Å². The number of ether oxygens (including phenoxy) is 2. The van der Waals surface area contributed by atoms with Gasteiger partial charge in [0, 0.05) is 23.7 Å². The van der Waals surface area contributed by atoms with Gasteiger partial charge in [0.05, 0.1) is 6.10 Å². The molecule has 0 aliphatic carbocycles. The van der Waals surface area contributed by atoms with Crippen LogP contribution in [-0.2, 0) is 16.1 Å². The highest BCUT2D eigenvalue weighted by Gasteiger charge is 2.18. The standard InChI is InChI=1S/C22H21ClN2O3/c23-19-7-3-5-16(11-19)15-28-21-9-2-1-6-17(21)12-18(13-24)22(26)25-14-20-8-4-10-27-20/h1-3,5-7,9,11-12,20H,4,8,10,14-15H2,(H,25,26)/b18-12+/t20-/m0/s1. The monoisotopic (exact) mass is 396 g/mol. The molecule has 1 aliphatic heterocycles. The van der Waals surface area contributed by atoms with Crippen molar-refractivity contribution < 1.29 is 14.3 Å². The lowest BCUT2D eigenvalue weighted by atomic mass is 10.1. The second-order valence-corrected chi connectivity index (χ2v) is 6.91. The number of para-hydroxylation sites is 1. The van der Waals surface area contributed by atoms with E-state index in [4.69, 9.17) is 21.1 Å². The molecular weight excluding hydrogens is 376 g/mol. The first-order chi connectivity index (χ1) is 13.7. The molecule has 0 aromatic heterocycles. The van der Waals surface area contributed by atoms with Gasteiger partial charge >= 0.3 is 0 Å². The predicted octanol–water partition coefficient (Wildman–Crippen LogP) is 4.12. The van der Waals surface area contributed by atoms with Crippen LogP contribution < -0.4 is 10.1 Å². The van der Waals surface area contributed by atoms with Crippen molar-refractivity contribution in [2.24, 2.45) is 0 Å². The molecule has 28 heavy (non-hydrogen) atoms. The Kier molecular flexibility index (Phi) is 7.07. The molecule has 5 nitrogen and oxygen atoms in total. The van der Waals surface area contributed by atoms with E-state index in [1.807, 2.05) is 36.4 Å². The largest absolute Gasteiger partial charge is 0.488 e. The Morgan fingerprint density at radius 3 is 2.93 bits per heavy atom. The molecule has 1 fully saturated rings. The molecule has 2 aromatic rings. The minimum atomic E-state index is -0.414. The Labute approximate surface area is 169 Å². The maximum atomic E-state index is 12.4. The normalized spacial score (nSPS) is 16.4. The average Bonchev–Trinajstić information content (AvgIpc) is 3.23. The molecule has 2 aromatic carbocycles. The molecule has 0 spiro atoms. The van der Waals surface area contributed by atoms with Gasteiger partial charge in [-0.3, -0.25) is 4.79 Å². The SMILES string of the molecule is N#C/C(=C\c1ccccc1OCc1cccc(Cl)c1)C(=O)NC[C@@H]1CCCO1. The molecule has 0 radical (unpaired) electrons. The maximum Gasteiger partial charge on any atom is 0.262 e. The van der Waals surface area contributed by atoms with Crippen molar-refractivity contribution in [2.45, 2.75) is 25.6 Å². The van der Waals surface area contributed by atoms with Gasteiger partial charge in [0.25, 0.3) is 5.91 Å². The van der Waals surface area contributed by atoms with Crippen molar-refractivity contribution in [3.63, 3.8) is 0 Å². The van der Waals surface area contributed by atoms with Gasteiger partial charge in [-0.05, 0) is 42.7 Å². The number of amides is 1. The molecule has 1 N–H and O–H groups in total. The van der Waals surface area contributed by atoms with Gasteiger partial charge in [-0.1, -0.05) is 41.9 Å². The molecule has 0 unspecified atom stereocenters. The Balaban J connectivity index is 1.68. The Bertz CT molecular complexity index is 899. The van der Waals surface area contributed by atoms with E-state index in [2.05, 4.69) is 5.32 Å². The summed E-state index contributed by atoms with van der Waals surface area (Å²) in [5, 5.41) is 12.8. The highest BCUT2D eigenvalue weighted by molar-refractivity contribution is 6.30. The molecular formula is C22H21ClN2O3. The van der Waals surface area contributed by atoms with E-state index in [0.717, 1.165) is 25.0 Å². The van der Waals surface area contributed by atoms with E-state index in [0.29, 0.717) is 29.5 Å². The van der Waals surface area contributed by atoms with Crippen LogP contribution in [0.25, 0.3) is 6.08 Å². The molecule has 1 amide bonds. The van der Waals surface area contributed by atoms with Crippen molar-refractivity contribution in [3.05, 3.63) is 70.3 Å². The maximum absolute atomic E-state index is 12.4. The molecule has 6 heteroatoms. The number of halogens is 1. The Morgan fingerprint density at radius 2 is 2.18 bits per heavy atom. The molecule has 0 saturated carbocycles. The smallest absolute Gasteiger partial charge is 0.262 e. The van der Waals surface area contributed by atoms with E-state index >= 15 is 0 Å². The zero-order chi connectivity index (χ0) is 19.8. The third kappa shape index (κ3) is 5.59. The summed E-state index contributed by atoms with van der Waals surface area (Å²) in [6, 6.07) is 16.7. The van der Waals surface area contributed by atoms with Crippen molar-refractivity contribution in [3.8, 4) is 11.8 Å². The number of nitriles is 1. The number of carbonyl (C=O) groups is 1. The summed E-state index contributed by atoms with van der Waals surface area (Å²) in [5.41, 5.74) is 1.62. The first kappa shape index (κ1) is 19.9. The molecule has 1 atom stereocenters. The summed E-state index contributed by atoms with van der Waals surface area (Å²) in [6.07, 6.45) is 3.49. The number of hydrogen-bond donors (Lipinski definition) is 1. The van der Waals surface area contributed by atoms with Crippen LogP contribution in [0.2, 0.25) is 5.02 Å². The predicted molar refractivity (Wildman–Crippen MR) is 108 cm³/mol. The second kappa shape index (κ2) is 9.93. The van der Waals surface area contributed by atoms with Crippen LogP contribution in [-0.4, -0.2) is 25.2 Å². The van der Waals surface area contributed by atoms with Crippen LogP contribution in [0.3, 0.4) is 0 Å². The number of hydrogen-bond acceptors (Lipinski definition) is 4. The summed E-state index contributed by atoms with van der Waals surface area (Å²) >= 11 is 6.00. The lowest BCUT2D eigenvalue weighted by Crippen LogP contribution is -2.32. The molecule has 1 heterocycles. The summed E-state index contributed by atoms with van der Waals surface area (Å²) < 4.78 is 11.4. The van der Waals surface area contributed by atoms with Crippen molar-refractivity contribution in [2.75, 3.05) is 13.2 Å². The first-order valence-electron chi connectivity index (χ1n) is 9.13. The molecule has 0 bridgehead atoms. The summed E-state index contributed by atoms with van der Waals surface area (Å²) in [7, 11) is 0. The Morgan fingerprint density at radius 1 is 1.32 bits per heavy atom. The molecule has 144 valence electrons. The fourth-order valence-electron chi connectivity index (χ4n) is 2.93. The summed E-state index contributed by atoms with van der Waals surface area (Å²) in [5.74, 6) is 0.171. The number of nitrogens with one attached hydrogen (secondary N) is 1. The quantitative estimate of drug-likeness (QED) is 0.564. The molecule has 1 aliphatic rings. The van der Waals surface area contributed by atoms with E-state index in [9.17, 15) is 10.1 Å². The zero-order valence-corrected chi connectivity index (χ0v) is 16.1. The van der Waals surface area contributed by atoms with Gasteiger partial charge in [-0.2, -0.15) is 5.26 Å². The number of nitrogens with zero attached hydrogens (tertiary/aromatic N) is 1. The first-order valence-corrected chi connectivity index (χ1v) is 9.51. The van der Waals surface area contributed by atoms with E-state index in [1.54, 1.807) is 18.2 Å². The Hall–Kier alpha value is -2.81. The van der Waals surface area contributed by atoms with Crippen LogP contribution in [0.4, 0.5) is 0 Å². The third-order valence-electron chi connectivity index (χ3n) is 4.38. The van der Waals surface area contributed by atoms with Crippen molar-refractivity contribution in [1.82, 2.24) is 5.32 Å². The van der Waals surface area contributed by atoms with Crippen molar-refractivity contribution >= 4 is 23.6 Å². The summed E-state index contributed by atoms with van der Waals surface area (Å²) in [6.45, 7) is 1.46. The topological polar surface area (TPSA) is 71.3 Å². The highest BCUT2D eigenvalue weighted by atomic mass is 35.5. The number of rotatable bonds is 7. The van der Waals surface area contributed by atoms with E-state index < -0.39 is 5.91 Å². The minimum Gasteiger partial charge on any atom is -0.488 e. The van der Waals surface area contributed by atoms with Gasteiger partial charge in [0.15, 0.2) is 0 Å². The lowest BCUT2D eigenvalue weighted by molar-refractivity contribution is -0.117. The van der Waals surface area contributed by atoms with Crippen molar-refractivity contribution in [1.29, 1.82) is 5.26 Å². The third-order valence-corrected chi connectivity index (χ3v) is 4.62. The van der Waals surface area contributed by atoms with Crippen LogP contribution in [0.5, 0.6) is 5.75 Å². The van der Waals surface area contributed by atoms with Gasteiger partial charge < -0.3 is 14.8 Å². The van der Waals surface area contributed by atoms with Gasteiger partial charge in [0.1, 0.15) is 24.0 Å². The fourth-order valence-corrected chi connectivity index (χ4v) is 3.14. The van der Waals surface area contributed by atoms with Gasteiger partial charge in [-0.25, -0.2) is 0 Å². The number of benzene rings is 2. The van der Waals surface area contributed by atoms with E-state index in [1.165, 1.54) is 6.08 Å². The second-order valence-electron chi connectivity index (χ2n) is 6.47. The fraction of sp³-hybridized carbons (Fsp3) is 0.273. The average molecular weight is 397 g/mol. The van der Waals surface area contributed by atoms with Gasteiger partial charge in [0.2, 0.25) is 0 Å². The summed E-state index contributed by atoms with van der Waals surface area (Å²) in [4.78, 5) is 12.4.